The van der Waals surface area contributed by atoms with E-state index in [1.54, 1.807) is 0 Å². The second-order valence-electron chi connectivity index (χ2n) is 4.77. The van der Waals surface area contributed by atoms with Crippen molar-refractivity contribution in [2.24, 2.45) is 23.7 Å². The largest absolute Gasteiger partial charge is 0.481 e. The van der Waals surface area contributed by atoms with Crippen LogP contribution in [0.15, 0.2) is 0 Å². The molecule has 1 rings (SSSR count). The normalized spacial score (nSPS) is 34.9. The van der Waals surface area contributed by atoms with Crippen LogP contribution in [0.4, 0.5) is 0 Å². The minimum absolute atomic E-state index is 0.0938. The molecule has 0 spiro atoms. The van der Waals surface area contributed by atoms with Crippen LogP contribution in [0, 0.1) is 23.7 Å². The lowest BCUT2D eigenvalue weighted by Crippen LogP contribution is -2.33. The number of hydrogen-bond acceptors (Lipinski definition) is 1. The fourth-order valence-corrected chi connectivity index (χ4v) is 2.49. The van der Waals surface area contributed by atoms with Crippen molar-refractivity contribution in [1.29, 1.82) is 0 Å². The van der Waals surface area contributed by atoms with E-state index in [4.69, 9.17) is 5.11 Å². The Hall–Kier alpha value is -0.530. The van der Waals surface area contributed by atoms with Gasteiger partial charge in [-0.05, 0) is 30.6 Å². The molecule has 13 heavy (non-hydrogen) atoms. The average Bonchev–Trinajstić information content (AvgIpc) is 2.03. The van der Waals surface area contributed by atoms with E-state index in [1.165, 1.54) is 6.42 Å². The molecule has 0 radical (unpaired) electrons. The van der Waals surface area contributed by atoms with E-state index in [2.05, 4.69) is 20.8 Å². The van der Waals surface area contributed by atoms with Gasteiger partial charge in [-0.3, -0.25) is 4.79 Å². The second-order valence-corrected chi connectivity index (χ2v) is 4.77. The molecule has 3 atom stereocenters. The molecule has 0 aromatic rings. The first-order valence-electron chi connectivity index (χ1n) is 5.25. The zero-order valence-electron chi connectivity index (χ0n) is 8.79. The highest BCUT2D eigenvalue weighted by molar-refractivity contribution is 5.70. The van der Waals surface area contributed by atoms with Gasteiger partial charge in [-0.1, -0.05) is 27.2 Å². The Bertz CT molecular complexity index is 187. The summed E-state index contributed by atoms with van der Waals surface area (Å²) in [4.78, 5) is 11.0. The van der Waals surface area contributed by atoms with Crippen LogP contribution < -0.4 is 0 Å². The Morgan fingerprint density at radius 1 is 1.38 bits per heavy atom. The Morgan fingerprint density at radius 3 is 2.46 bits per heavy atom. The summed E-state index contributed by atoms with van der Waals surface area (Å²) in [6.07, 6.45) is 3.17. The molecule has 0 aliphatic heterocycles. The van der Waals surface area contributed by atoms with Crippen LogP contribution in [0.2, 0.25) is 0 Å². The van der Waals surface area contributed by atoms with Crippen molar-refractivity contribution in [3.8, 4) is 0 Å². The Balaban J connectivity index is 2.66. The smallest absolute Gasteiger partial charge is 0.306 e. The van der Waals surface area contributed by atoms with Crippen LogP contribution in [-0.4, -0.2) is 11.1 Å². The molecule has 0 heterocycles. The fourth-order valence-electron chi connectivity index (χ4n) is 2.49. The van der Waals surface area contributed by atoms with Crippen molar-refractivity contribution in [3.05, 3.63) is 0 Å². The third-order valence-corrected chi connectivity index (χ3v) is 3.34. The van der Waals surface area contributed by atoms with Gasteiger partial charge in [0.15, 0.2) is 0 Å². The molecule has 0 unspecified atom stereocenters. The van der Waals surface area contributed by atoms with Gasteiger partial charge in [0, 0.05) is 0 Å². The molecular weight excluding hydrogens is 164 g/mol. The van der Waals surface area contributed by atoms with Gasteiger partial charge < -0.3 is 5.11 Å². The first kappa shape index (κ1) is 10.6. The van der Waals surface area contributed by atoms with Gasteiger partial charge in [0.1, 0.15) is 0 Å². The summed E-state index contributed by atoms with van der Waals surface area (Å²) in [6.45, 7) is 6.43. The lowest BCUT2D eigenvalue weighted by Gasteiger charge is -2.34. The predicted octanol–water partition coefficient (Wildman–Crippen LogP) is 2.78. The van der Waals surface area contributed by atoms with Gasteiger partial charge in [0.05, 0.1) is 5.92 Å². The quantitative estimate of drug-likeness (QED) is 0.716. The summed E-state index contributed by atoms with van der Waals surface area (Å²) in [7, 11) is 0. The van der Waals surface area contributed by atoms with Gasteiger partial charge in [-0.15, -0.1) is 0 Å². The monoisotopic (exact) mass is 184 g/mol. The van der Waals surface area contributed by atoms with Gasteiger partial charge in [-0.2, -0.15) is 0 Å². The number of carbonyl (C=O) groups is 1. The number of hydrogen-bond donors (Lipinski definition) is 1. The Labute approximate surface area is 80.3 Å². The van der Waals surface area contributed by atoms with E-state index in [0.29, 0.717) is 17.8 Å². The highest BCUT2D eigenvalue weighted by atomic mass is 16.4. The van der Waals surface area contributed by atoms with Crippen molar-refractivity contribution in [3.63, 3.8) is 0 Å². The molecule has 0 aromatic heterocycles. The molecule has 0 amide bonds. The van der Waals surface area contributed by atoms with Crippen molar-refractivity contribution >= 4 is 5.97 Å². The van der Waals surface area contributed by atoms with E-state index < -0.39 is 5.97 Å². The van der Waals surface area contributed by atoms with Crippen LogP contribution in [0.3, 0.4) is 0 Å². The van der Waals surface area contributed by atoms with Crippen LogP contribution in [0.1, 0.15) is 40.0 Å². The molecule has 0 bridgehead atoms. The minimum atomic E-state index is -0.592. The van der Waals surface area contributed by atoms with Crippen LogP contribution in [0.5, 0.6) is 0 Å². The topological polar surface area (TPSA) is 37.3 Å². The van der Waals surface area contributed by atoms with Crippen LogP contribution in [0.25, 0.3) is 0 Å². The summed E-state index contributed by atoms with van der Waals surface area (Å²) >= 11 is 0. The molecule has 1 aliphatic carbocycles. The van der Waals surface area contributed by atoms with E-state index in [9.17, 15) is 4.79 Å². The van der Waals surface area contributed by atoms with E-state index in [1.807, 2.05) is 0 Å². The van der Waals surface area contributed by atoms with Gasteiger partial charge >= 0.3 is 5.97 Å². The maximum Gasteiger partial charge on any atom is 0.306 e. The summed E-state index contributed by atoms with van der Waals surface area (Å²) in [5.41, 5.74) is 0. The number of carboxylic acid groups (broad SMARTS) is 1. The Kier molecular flexibility index (Phi) is 3.34. The van der Waals surface area contributed by atoms with Crippen LogP contribution in [-0.2, 0) is 4.79 Å². The summed E-state index contributed by atoms with van der Waals surface area (Å²) in [6, 6.07) is 0. The molecule has 1 aliphatic rings. The first-order valence-corrected chi connectivity index (χ1v) is 5.25. The molecule has 0 aromatic carbocycles. The molecule has 76 valence electrons. The molecule has 0 saturated heterocycles. The highest BCUT2D eigenvalue weighted by Crippen LogP contribution is 2.37. The molecule has 1 saturated carbocycles. The van der Waals surface area contributed by atoms with E-state index >= 15 is 0 Å². The zero-order chi connectivity index (χ0) is 10.0. The van der Waals surface area contributed by atoms with E-state index in [-0.39, 0.29) is 5.92 Å². The number of aliphatic carboxylic acids is 1. The van der Waals surface area contributed by atoms with Gasteiger partial charge in [0.2, 0.25) is 0 Å². The van der Waals surface area contributed by atoms with Crippen molar-refractivity contribution in [1.82, 2.24) is 0 Å². The number of carboxylic acids is 1. The van der Waals surface area contributed by atoms with Gasteiger partial charge in [0.25, 0.3) is 0 Å². The maximum absolute atomic E-state index is 11.0. The van der Waals surface area contributed by atoms with Crippen molar-refractivity contribution < 1.29 is 9.90 Å². The predicted molar refractivity (Wildman–Crippen MR) is 52.5 cm³/mol. The standard InChI is InChI=1S/C11H20O2/c1-7(2)9-5-4-8(3)6-10(9)11(12)13/h7-10H,4-6H2,1-3H3,(H,12,13)/t8-,9+,10+/m0/s1. The summed E-state index contributed by atoms with van der Waals surface area (Å²) < 4.78 is 0. The summed E-state index contributed by atoms with van der Waals surface area (Å²) in [5.74, 6) is 0.812. The van der Waals surface area contributed by atoms with Crippen molar-refractivity contribution in [2.75, 3.05) is 0 Å². The average molecular weight is 184 g/mol. The Morgan fingerprint density at radius 2 is 2.00 bits per heavy atom. The SMILES string of the molecule is CC(C)[C@H]1CC[C@H](C)C[C@H]1C(=O)O. The zero-order valence-corrected chi connectivity index (χ0v) is 8.79. The number of rotatable bonds is 2. The highest BCUT2D eigenvalue weighted by Gasteiger charge is 2.35. The molecular formula is C11H20O2. The molecule has 2 nitrogen and oxygen atoms in total. The lowest BCUT2D eigenvalue weighted by molar-refractivity contribution is -0.146. The fraction of sp³-hybridized carbons (Fsp3) is 0.909. The third kappa shape index (κ3) is 2.45. The molecule has 1 N–H and O–H groups in total. The van der Waals surface area contributed by atoms with Gasteiger partial charge in [-0.25, -0.2) is 0 Å². The second kappa shape index (κ2) is 4.12. The summed E-state index contributed by atoms with van der Waals surface area (Å²) in [5, 5.41) is 9.08. The van der Waals surface area contributed by atoms with Crippen LogP contribution >= 0.6 is 0 Å². The minimum Gasteiger partial charge on any atom is -0.481 e. The maximum atomic E-state index is 11.0. The molecule has 2 heteroatoms. The van der Waals surface area contributed by atoms with E-state index in [0.717, 1.165) is 12.8 Å². The lowest BCUT2D eigenvalue weighted by atomic mass is 9.70. The first-order chi connectivity index (χ1) is 6.02. The third-order valence-electron chi connectivity index (χ3n) is 3.34. The molecule has 1 fully saturated rings. The van der Waals surface area contributed by atoms with Crippen molar-refractivity contribution in [2.45, 2.75) is 40.0 Å².